The minimum Gasteiger partial charge on any atom is -0.380 e. The summed E-state index contributed by atoms with van der Waals surface area (Å²) in [5.41, 5.74) is 2.09. The van der Waals surface area contributed by atoms with Gasteiger partial charge in [0.25, 0.3) is 0 Å². The monoisotopic (exact) mass is 301 g/mol. The highest BCUT2D eigenvalue weighted by Gasteiger charge is 2.03. The number of hydrogen-bond donors (Lipinski definition) is 1. The highest BCUT2D eigenvalue weighted by atomic mass is 35.5. The van der Waals surface area contributed by atoms with Crippen LogP contribution < -0.4 is 5.32 Å². The zero-order valence-corrected chi connectivity index (χ0v) is 12.2. The van der Waals surface area contributed by atoms with E-state index in [1.165, 1.54) is 10.8 Å². The third kappa shape index (κ3) is 2.74. The van der Waals surface area contributed by atoms with Gasteiger partial charge in [-0.1, -0.05) is 59.6 Å². The molecule has 0 heterocycles. The minimum atomic E-state index is 0.646. The van der Waals surface area contributed by atoms with Gasteiger partial charge in [-0.15, -0.1) is 0 Å². The Hall–Kier alpha value is -1.70. The smallest absolute Gasteiger partial charge is 0.0456 e. The van der Waals surface area contributed by atoms with E-state index in [9.17, 15) is 0 Å². The lowest BCUT2D eigenvalue weighted by Gasteiger charge is -2.11. The van der Waals surface area contributed by atoms with Gasteiger partial charge >= 0.3 is 0 Å². The van der Waals surface area contributed by atoms with Gasteiger partial charge in [0.05, 0.1) is 0 Å². The van der Waals surface area contributed by atoms with Crippen LogP contribution in [0.2, 0.25) is 10.0 Å². The summed E-state index contributed by atoms with van der Waals surface area (Å²) < 4.78 is 0. The second-order valence-corrected chi connectivity index (χ2v) is 5.46. The lowest BCUT2D eigenvalue weighted by Crippen LogP contribution is -2.00. The number of hydrogen-bond acceptors (Lipinski definition) is 1. The molecule has 0 saturated heterocycles. The molecule has 0 aliphatic heterocycles. The van der Waals surface area contributed by atoms with Crippen molar-refractivity contribution in [3.05, 3.63) is 76.3 Å². The molecular formula is C17H13Cl2N. The number of halogens is 2. The van der Waals surface area contributed by atoms with E-state index in [4.69, 9.17) is 23.2 Å². The molecule has 0 fully saturated rings. The van der Waals surface area contributed by atoms with Crippen LogP contribution in [-0.2, 0) is 6.54 Å². The second kappa shape index (κ2) is 5.74. The highest BCUT2D eigenvalue weighted by molar-refractivity contribution is 6.33. The molecule has 0 unspecified atom stereocenters. The molecule has 0 amide bonds. The second-order valence-electron chi connectivity index (χ2n) is 4.62. The van der Waals surface area contributed by atoms with Gasteiger partial charge in [-0.2, -0.15) is 0 Å². The first kappa shape index (κ1) is 13.3. The molecule has 3 aromatic rings. The Morgan fingerprint density at radius 2 is 1.65 bits per heavy atom. The third-order valence-electron chi connectivity index (χ3n) is 3.27. The Labute approximate surface area is 128 Å². The Balaban J connectivity index is 1.89. The van der Waals surface area contributed by atoms with Crippen molar-refractivity contribution >= 4 is 39.7 Å². The molecule has 0 radical (unpaired) electrons. The first-order chi connectivity index (χ1) is 9.74. The Morgan fingerprint density at radius 3 is 2.55 bits per heavy atom. The predicted molar refractivity (Wildman–Crippen MR) is 87.7 cm³/mol. The minimum absolute atomic E-state index is 0.646. The molecule has 1 nitrogen and oxygen atoms in total. The van der Waals surface area contributed by atoms with Crippen LogP contribution in [0, 0.1) is 0 Å². The lowest BCUT2D eigenvalue weighted by atomic mass is 10.1. The number of anilines is 1. The Morgan fingerprint density at radius 1 is 0.850 bits per heavy atom. The van der Waals surface area contributed by atoms with Gasteiger partial charge in [0, 0.05) is 27.7 Å². The van der Waals surface area contributed by atoms with Crippen LogP contribution >= 0.6 is 23.2 Å². The van der Waals surface area contributed by atoms with Crippen LogP contribution in [0.25, 0.3) is 10.8 Å². The van der Waals surface area contributed by atoms with Gasteiger partial charge in [0.15, 0.2) is 0 Å². The van der Waals surface area contributed by atoms with Crippen molar-refractivity contribution in [1.29, 1.82) is 0 Å². The fraction of sp³-hybridized carbons (Fsp3) is 0.0588. The van der Waals surface area contributed by atoms with Crippen molar-refractivity contribution in [2.24, 2.45) is 0 Å². The van der Waals surface area contributed by atoms with Gasteiger partial charge in [-0.25, -0.2) is 0 Å². The van der Waals surface area contributed by atoms with Crippen LogP contribution in [0.15, 0.2) is 60.7 Å². The van der Waals surface area contributed by atoms with Crippen molar-refractivity contribution in [2.75, 3.05) is 5.32 Å². The highest BCUT2D eigenvalue weighted by Crippen LogP contribution is 2.25. The van der Waals surface area contributed by atoms with E-state index in [1.807, 2.05) is 30.3 Å². The average molecular weight is 302 g/mol. The molecule has 100 valence electrons. The summed E-state index contributed by atoms with van der Waals surface area (Å²) in [5, 5.41) is 7.27. The molecule has 0 aliphatic rings. The van der Waals surface area contributed by atoms with Crippen molar-refractivity contribution in [2.45, 2.75) is 6.54 Å². The van der Waals surface area contributed by atoms with Gasteiger partial charge < -0.3 is 5.32 Å². The summed E-state index contributed by atoms with van der Waals surface area (Å²) in [7, 11) is 0. The molecule has 0 aliphatic carbocycles. The molecule has 20 heavy (non-hydrogen) atoms. The van der Waals surface area contributed by atoms with Gasteiger partial charge in [-0.05, 0) is 35.2 Å². The predicted octanol–water partition coefficient (Wildman–Crippen LogP) is 5.76. The van der Waals surface area contributed by atoms with Gasteiger partial charge in [-0.3, -0.25) is 0 Å². The normalized spacial score (nSPS) is 10.7. The molecule has 0 bridgehead atoms. The molecule has 0 atom stereocenters. The fourth-order valence-corrected chi connectivity index (χ4v) is 2.63. The number of fused-ring (bicyclic) bond motifs is 1. The summed E-state index contributed by atoms with van der Waals surface area (Å²) in [6.07, 6.45) is 0. The molecule has 3 heteroatoms. The first-order valence-electron chi connectivity index (χ1n) is 6.39. The van der Waals surface area contributed by atoms with Crippen molar-refractivity contribution in [3.8, 4) is 0 Å². The van der Waals surface area contributed by atoms with E-state index in [0.29, 0.717) is 11.6 Å². The maximum atomic E-state index is 6.18. The van der Waals surface area contributed by atoms with E-state index in [2.05, 4.69) is 29.6 Å². The Kier molecular flexibility index (Phi) is 3.81. The molecule has 0 aromatic heterocycles. The zero-order chi connectivity index (χ0) is 13.9. The van der Waals surface area contributed by atoms with Crippen molar-refractivity contribution in [1.82, 2.24) is 0 Å². The summed E-state index contributed by atoms with van der Waals surface area (Å²) in [6.45, 7) is 0.646. The zero-order valence-electron chi connectivity index (χ0n) is 10.7. The first-order valence-corrected chi connectivity index (χ1v) is 7.15. The van der Waals surface area contributed by atoms with E-state index >= 15 is 0 Å². The Bertz CT molecular complexity index is 748. The maximum Gasteiger partial charge on any atom is 0.0456 e. The molecule has 3 aromatic carbocycles. The molecule has 0 spiro atoms. The molecule has 1 N–H and O–H groups in total. The number of benzene rings is 3. The summed E-state index contributed by atoms with van der Waals surface area (Å²) in [5.74, 6) is 0. The molecule has 3 rings (SSSR count). The fourth-order valence-electron chi connectivity index (χ4n) is 2.25. The van der Waals surface area contributed by atoms with E-state index < -0.39 is 0 Å². The van der Waals surface area contributed by atoms with Crippen LogP contribution in [0.5, 0.6) is 0 Å². The van der Waals surface area contributed by atoms with E-state index in [1.54, 1.807) is 6.07 Å². The maximum absolute atomic E-state index is 6.18. The summed E-state index contributed by atoms with van der Waals surface area (Å²) in [6, 6.07) is 20.0. The van der Waals surface area contributed by atoms with Crippen LogP contribution in [0.1, 0.15) is 5.56 Å². The van der Waals surface area contributed by atoms with Gasteiger partial charge in [0.2, 0.25) is 0 Å². The third-order valence-corrected chi connectivity index (χ3v) is 3.87. The quantitative estimate of drug-likeness (QED) is 0.648. The largest absolute Gasteiger partial charge is 0.380 e. The SMILES string of the molecule is Clc1ccc(Cl)c(CNc2cccc3ccccc23)c1. The standard InChI is InChI=1S/C17H13Cl2N/c18-14-8-9-16(19)13(10-14)11-20-17-7-3-5-12-4-1-2-6-15(12)17/h1-10,20H,11H2. The molecular weight excluding hydrogens is 289 g/mol. The number of nitrogens with one attached hydrogen (secondary N) is 1. The summed E-state index contributed by atoms with van der Waals surface area (Å²) >= 11 is 12.2. The van der Waals surface area contributed by atoms with Crippen LogP contribution in [0.4, 0.5) is 5.69 Å². The lowest BCUT2D eigenvalue weighted by molar-refractivity contribution is 1.15. The van der Waals surface area contributed by atoms with Crippen molar-refractivity contribution in [3.63, 3.8) is 0 Å². The van der Waals surface area contributed by atoms with Crippen molar-refractivity contribution < 1.29 is 0 Å². The number of rotatable bonds is 3. The summed E-state index contributed by atoms with van der Waals surface area (Å²) in [4.78, 5) is 0. The van der Waals surface area contributed by atoms with Gasteiger partial charge in [0.1, 0.15) is 0 Å². The van der Waals surface area contributed by atoms with E-state index in [0.717, 1.165) is 16.3 Å². The van der Waals surface area contributed by atoms with Crippen LogP contribution in [0.3, 0.4) is 0 Å². The topological polar surface area (TPSA) is 12.0 Å². The average Bonchev–Trinajstić information content (AvgIpc) is 2.48. The van der Waals surface area contributed by atoms with Crippen LogP contribution in [-0.4, -0.2) is 0 Å². The molecule has 0 saturated carbocycles. The van der Waals surface area contributed by atoms with E-state index in [-0.39, 0.29) is 0 Å².